The average molecular weight is 308 g/mol. The van der Waals surface area contributed by atoms with Crippen molar-refractivity contribution in [3.63, 3.8) is 0 Å². The molecule has 0 fully saturated rings. The Balaban J connectivity index is 2.16. The second kappa shape index (κ2) is 5.92. The van der Waals surface area contributed by atoms with Crippen LogP contribution in [0.3, 0.4) is 0 Å². The molecular formula is C17H16N4O2. The van der Waals surface area contributed by atoms with Crippen molar-refractivity contribution in [1.82, 2.24) is 14.5 Å². The normalized spacial score (nSPS) is 10.5. The van der Waals surface area contributed by atoms with Gasteiger partial charge in [-0.25, -0.2) is 9.97 Å². The zero-order chi connectivity index (χ0) is 16.4. The van der Waals surface area contributed by atoms with Crippen molar-refractivity contribution in [2.45, 2.75) is 0 Å². The number of anilines is 1. The summed E-state index contributed by atoms with van der Waals surface area (Å²) in [6, 6.07) is 12.4. The second-order valence-electron chi connectivity index (χ2n) is 5.07. The number of hydrogen-bond acceptors (Lipinski definition) is 5. The first kappa shape index (κ1) is 14.8. The predicted octanol–water partition coefficient (Wildman–Crippen LogP) is 2.10. The van der Waals surface area contributed by atoms with Crippen molar-refractivity contribution in [1.29, 1.82) is 0 Å². The molecule has 6 nitrogen and oxygen atoms in total. The number of methoxy groups -OCH3 is 1. The first-order chi connectivity index (χ1) is 11.1. The maximum atomic E-state index is 11.5. The monoisotopic (exact) mass is 308 g/mol. The number of nitrogen functional groups attached to an aromatic ring is 1. The molecule has 2 aromatic heterocycles. The molecule has 0 aliphatic heterocycles. The summed E-state index contributed by atoms with van der Waals surface area (Å²) in [6.07, 6.45) is 1.72. The maximum absolute atomic E-state index is 11.5. The van der Waals surface area contributed by atoms with E-state index in [1.807, 2.05) is 24.3 Å². The lowest BCUT2D eigenvalue weighted by Crippen LogP contribution is -2.14. The highest BCUT2D eigenvalue weighted by molar-refractivity contribution is 5.69. The van der Waals surface area contributed by atoms with Gasteiger partial charge in [-0.1, -0.05) is 12.1 Å². The summed E-state index contributed by atoms with van der Waals surface area (Å²) in [6.45, 7) is 0. The van der Waals surface area contributed by atoms with E-state index >= 15 is 0 Å². The molecule has 0 aliphatic carbocycles. The molecule has 0 saturated heterocycles. The van der Waals surface area contributed by atoms with Crippen molar-refractivity contribution in [3.05, 3.63) is 59.0 Å². The first-order valence-corrected chi connectivity index (χ1v) is 7.03. The van der Waals surface area contributed by atoms with E-state index in [2.05, 4.69) is 9.97 Å². The summed E-state index contributed by atoms with van der Waals surface area (Å²) >= 11 is 0. The highest BCUT2D eigenvalue weighted by Crippen LogP contribution is 2.29. The molecule has 0 spiro atoms. The Morgan fingerprint density at radius 1 is 1.13 bits per heavy atom. The van der Waals surface area contributed by atoms with E-state index in [1.165, 1.54) is 10.6 Å². The Kier molecular flexibility index (Phi) is 3.80. The fourth-order valence-electron chi connectivity index (χ4n) is 2.31. The zero-order valence-electron chi connectivity index (χ0n) is 12.9. The lowest BCUT2D eigenvalue weighted by Gasteiger charge is -2.10. The van der Waals surface area contributed by atoms with Crippen LogP contribution < -0.4 is 16.0 Å². The van der Waals surface area contributed by atoms with Crippen LogP contribution in [-0.4, -0.2) is 21.6 Å². The smallest absolute Gasteiger partial charge is 0.250 e. The van der Waals surface area contributed by atoms with Gasteiger partial charge in [0.1, 0.15) is 11.6 Å². The summed E-state index contributed by atoms with van der Waals surface area (Å²) in [5.41, 5.74) is 8.04. The summed E-state index contributed by atoms with van der Waals surface area (Å²) in [5, 5.41) is 0. The van der Waals surface area contributed by atoms with E-state index in [0.29, 0.717) is 23.1 Å². The van der Waals surface area contributed by atoms with Crippen molar-refractivity contribution in [3.8, 4) is 28.4 Å². The number of benzene rings is 1. The molecule has 3 rings (SSSR count). The first-order valence-electron chi connectivity index (χ1n) is 7.03. The van der Waals surface area contributed by atoms with Crippen LogP contribution in [0.1, 0.15) is 0 Å². The third-order valence-electron chi connectivity index (χ3n) is 3.48. The molecule has 2 N–H and O–H groups in total. The van der Waals surface area contributed by atoms with Gasteiger partial charge in [0.05, 0.1) is 18.4 Å². The van der Waals surface area contributed by atoms with Gasteiger partial charge in [0.2, 0.25) is 5.56 Å². The molecule has 6 heteroatoms. The molecule has 0 radical (unpaired) electrons. The molecule has 1 aromatic carbocycles. The Labute approximate surface area is 133 Å². The Morgan fingerprint density at radius 3 is 2.65 bits per heavy atom. The molecular weight excluding hydrogens is 292 g/mol. The van der Waals surface area contributed by atoms with Gasteiger partial charge < -0.3 is 15.0 Å². The van der Waals surface area contributed by atoms with Gasteiger partial charge in [0.15, 0.2) is 5.82 Å². The van der Waals surface area contributed by atoms with Crippen LogP contribution in [-0.2, 0) is 7.05 Å². The van der Waals surface area contributed by atoms with Gasteiger partial charge in [0.25, 0.3) is 0 Å². The number of nitrogens with zero attached hydrogens (tertiary/aromatic N) is 3. The van der Waals surface area contributed by atoms with Gasteiger partial charge in [0, 0.05) is 30.9 Å². The quantitative estimate of drug-likeness (QED) is 0.801. The molecule has 0 bridgehead atoms. The highest BCUT2D eigenvalue weighted by atomic mass is 16.5. The van der Waals surface area contributed by atoms with Crippen LogP contribution in [0.5, 0.6) is 5.75 Å². The number of hydrogen-bond donors (Lipinski definition) is 1. The van der Waals surface area contributed by atoms with Gasteiger partial charge in [-0.15, -0.1) is 0 Å². The van der Waals surface area contributed by atoms with E-state index in [9.17, 15) is 4.79 Å². The SMILES string of the molecule is COc1ccccc1-c1nc(N)cc(-c2ccc(=O)n(C)c2)n1. The predicted molar refractivity (Wildman–Crippen MR) is 89.1 cm³/mol. The average Bonchev–Trinajstić information content (AvgIpc) is 2.56. The van der Waals surface area contributed by atoms with Crippen LogP contribution in [0.2, 0.25) is 0 Å². The van der Waals surface area contributed by atoms with Crippen LogP contribution in [0, 0.1) is 0 Å². The molecule has 0 atom stereocenters. The van der Waals surface area contributed by atoms with Crippen molar-refractivity contribution < 1.29 is 4.74 Å². The topological polar surface area (TPSA) is 83.0 Å². The van der Waals surface area contributed by atoms with Crippen molar-refractivity contribution in [2.75, 3.05) is 12.8 Å². The van der Waals surface area contributed by atoms with E-state index in [0.717, 1.165) is 11.1 Å². The van der Waals surface area contributed by atoms with E-state index in [1.54, 1.807) is 32.5 Å². The number of ether oxygens (including phenoxy) is 1. The number of rotatable bonds is 3. The molecule has 0 aliphatic rings. The van der Waals surface area contributed by atoms with Gasteiger partial charge in [-0.05, 0) is 18.2 Å². The van der Waals surface area contributed by atoms with Crippen molar-refractivity contribution >= 4 is 5.82 Å². The zero-order valence-corrected chi connectivity index (χ0v) is 12.9. The summed E-state index contributed by atoms with van der Waals surface area (Å²) < 4.78 is 6.85. The fraction of sp³-hybridized carbons (Fsp3) is 0.118. The Morgan fingerprint density at radius 2 is 1.91 bits per heavy atom. The largest absolute Gasteiger partial charge is 0.496 e. The standard InChI is InChI=1S/C17H16N4O2/c1-21-10-11(7-8-16(21)22)13-9-15(18)20-17(19-13)12-5-3-4-6-14(12)23-2/h3-10H,1-2H3,(H2,18,19,20). The molecule has 3 aromatic rings. The minimum absolute atomic E-state index is 0.0827. The van der Waals surface area contributed by atoms with Gasteiger partial charge >= 0.3 is 0 Å². The molecule has 0 unspecified atom stereocenters. The number of nitrogens with two attached hydrogens (primary N) is 1. The van der Waals surface area contributed by atoms with Crippen LogP contribution in [0.25, 0.3) is 22.6 Å². The lowest BCUT2D eigenvalue weighted by molar-refractivity contribution is 0.416. The summed E-state index contributed by atoms with van der Waals surface area (Å²) in [4.78, 5) is 20.4. The number of aryl methyl sites for hydroxylation is 1. The molecule has 0 saturated carbocycles. The molecule has 116 valence electrons. The molecule has 2 heterocycles. The van der Waals surface area contributed by atoms with Gasteiger partial charge in [-0.3, -0.25) is 4.79 Å². The minimum atomic E-state index is -0.0827. The third-order valence-corrected chi connectivity index (χ3v) is 3.48. The van der Waals surface area contributed by atoms with E-state index < -0.39 is 0 Å². The summed E-state index contributed by atoms with van der Waals surface area (Å²) in [5.74, 6) is 1.50. The molecule has 23 heavy (non-hydrogen) atoms. The Bertz CT molecular complexity index is 918. The third kappa shape index (κ3) is 2.91. The van der Waals surface area contributed by atoms with Crippen LogP contribution in [0.15, 0.2) is 53.5 Å². The lowest BCUT2D eigenvalue weighted by atomic mass is 10.1. The minimum Gasteiger partial charge on any atom is -0.496 e. The maximum Gasteiger partial charge on any atom is 0.250 e. The highest BCUT2D eigenvalue weighted by Gasteiger charge is 2.11. The van der Waals surface area contributed by atoms with E-state index in [4.69, 9.17) is 10.5 Å². The molecule has 0 amide bonds. The number of aromatic nitrogens is 3. The van der Waals surface area contributed by atoms with Crippen LogP contribution in [0.4, 0.5) is 5.82 Å². The number of pyridine rings is 1. The number of para-hydroxylation sites is 1. The van der Waals surface area contributed by atoms with Gasteiger partial charge in [-0.2, -0.15) is 0 Å². The Hall–Kier alpha value is -3.15. The summed E-state index contributed by atoms with van der Waals surface area (Å²) in [7, 11) is 3.29. The van der Waals surface area contributed by atoms with Crippen LogP contribution >= 0.6 is 0 Å². The fourth-order valence-corrected chi connectivity index (χ4v) is 2.31. The van der Waals surface area contributed by atoms with E-state index in [-0.39, 0.29) is 5.56 Å². The van der Waals surface area contributed by atoms with Crippen molar-refractivity contribution in [2.24, 2.45) is 7.05 Å². The second-order valence-corrected chi connectivity index (χ2v) is 5.07.